The lowest BCUT2D eigenvalue weighted by Gasteiger charge is -2.27. The number of esters is 2. The number of fused-ring (bicyclic) bond motifs is 1. The molecule has 6 nitrogen and oxygen atoms in total. The fourth-order valence-electron chi connectivity index (χ4n) is 3.34. The summed E-state index contributed by atoms with van der Waals surface area (Å²) in [5, 5.41) is 2.99. The smallest absolute Gasteiger partial charge is 0.338 e. The molecule has 0 aliphatic heterocycles. The number of carbonyl (C=O) groups is 3. The van der Waals surface area contributed by atoms with Crippen LogP contribution in [0.2, 0.25) is 0 Å². The molecule has 0 saturated carbocycles. The van der Waals surface area contributed by atoms with Crippen molar-refractivity contribution in [1.82, 2.24) is 5.32 Å². The number of ether oxygens (including phenoxy) is 2. The molecule has 0 spiro atoms. The van der Waals surface area contributed by atoms with Crippen LogP contribution in [0.4, 0.5) is 0 Å². The van der Waals surface area contributed by atoms with E-state index in [4.69, 9.17) is 4.74 Å². The van der Waals surface area contributed by atoms with Gasteiger partial charge in [-0.15, -0.1) is 0 Å². The second-order valence-corrected chi connectivity index (χ2v) is 6.77. The van der Waals surface area contributed by atoms with Crippen LogP contribution in [-0.4, -0.2) is 31.1 Å². The second-order valence-electron chi connectivity index (χ2n) is 6.77. The molecule has 6 heteroatoms. The van der Waals surface area contributed by atoms with E-state index in [1.54, 1.807) is 6.92 Å². The molecule has 0 aromatic heterocycles. The van der Waals surface area contributed by atoms with E-state index in [1.165, 1.54) is 36.9 Å². The van der Waals surface area contributed by atoms with Gasteiger partial charge in [0.1, 0.15) is 0 Å². The molecule has 1 aliphatic rings. The minimum absolute atomic E-state index is 0.0714. The number of methoxy groups -OCH3 is 1. The highest BCUT2D eigenvalue weighted by molar-refractivity contribution is 5.94. The Morgan fingerprint density at radius 2 is 1.64 bits per heavy atom. The van der Waals surface area contributed by atoms with Gasteiger partial charge in [-0.2, -0.15) is 0 Å². The van der Waals surface area contributed by atoms with Crippen LogP contribution in [-0.2, 0) is 20.7 Å². The number of hydrogen-bond acceptors (Lipinski definition) is 5. The van der Waals surface area contributed by atoms with E-state index in [0.717, 1.165) is 24.8 Å². The van der Waals surface area contributed by atoms with Crippen LogP contribution in [0.1, 0.15) is 57.7 Å². The van der Waals surface area contributed by atoms with Gasteiger partial charge in [0, 0.05) is 0 Å². The maximum Gasteiger partial charge on any atom is 0.338 e. The van der Waals surface area contributed by atoms with Gasteiger partial charge in [0.05, 0.1) is 24.3 Å². The highest BCUT2D eigenvalue weighted by Gasteiger charge is 2.25. The zero-order valence-electron chi connectivity index (χ0n) is 15.9. The molecule has 0 fully saturated rings. The summed E-state index contributed by atoms with van der Waals surface area (Å²) in [6.07, 6.45) is 1.94. The number of benzene rings is 2. The number of amides is 1. The van der Waals surface area contributed by atoms with Gasteiger partial charge >= 0.3 is 11.9 Å². The molecule has 1 aliphatic carbocycles. The van der Waals surface area contributed by atoms with Gasteiger partial charge in [-0.05, 0) is 61.6 Å². The number of aryl methyl sites for hydroxylation is 1. The Balaban J connectivity index is 1.60. The molecule has 2 aromatic rings. The molecule has 0 radical (unpaired) electrons. The van der Waals surface area contributed by atoms with E-state index in [0.29, 0.717) is 5.56 Å². The first kappa shape index (κ1) is 19.6. The second kappa shape index (κ2) is 8.69. The molecule has 2 aromatic carbocycles. The zero-order valence-corrected chi connectivity index (χ0v) is 15.9. The monoisotopic (exact) mass is 381 g/mol. The fourth-order valence-corrected chi connectivity index (χ4v) is 3.34. The number of carbonyl (C=O) groups excluding carboxylic acids is 3. The quantitative estimate of drug-likeness (QED) is 0.805. The minimum Gasteiger partial charge on any atom is -0.465 e. The van der Waals surface area contributed by atoms with Crippen LogP contribution in [0.15, 0.2) is 48.5 Å². The van der Waals surface area contributed by atoms with Crippen LogP contribution < -0.4 is 5.32 Å². The molecular formula is C22H23NO5. The Morgan fingerprint density at radius 1 is 1.00 bits per heavy atom. The Labute approximate surface area is 163 Å². The van der Waals surface area contributed by atoms with Crippen molar-refractivity contribution in [2.24, 2.45) is 0 Å². The lowest BCUT2D eigenvalue weighted by Crippen LogP contribution is -2.39. The summed E-state index contributed by atoms with van der Waals surface area (Å²) < 4.78 is 9.91. The normalized spacial score (nSPS) is 16.4. The molecule has 28 heavy (non-hydrogen) atoms. The van der Waals surface area contributed by atoms with Crippen molar-refractivity contribution in [2.75, 3.05) is 7.11 Å². The van der Waals surface area contributed by atoms with E-state index >= 15 is 0 Å². The fraction of sp³-hybridized carbons (Fsp3) is 0.318. The summed E-state index contributed by atoms with van der Waals surface area (Å²) >= 11 is 0. The van der Waals surface area contributed by atoms with Gasteiger partial charge in [-0.3, -0.25) is 4.79 Å². The lowest BCUT2D eigenvalue weighted by atomic mass is 9.87. The van der Waals surface area contributed by atoms with E-state index < -0.39 is 18.0 Å². The van der Waals surface area contributed by atoms with Gasteiger partial charge in [0.2, 0.25) is 0 Å². The van der Waals surface area contributed by atoms with Crippen LogP contribution in [0.5, 0.6) is 0 Å². The number of hydrogen-bond donors (Lipinski definition) is 1. The third kappa shape index (κ3) is 4.39. The average molecular weight is 381 g/mol. The van der Waals surface area contributed by atoms with Gasteiger partial charge in [-0.1, -0.05) is 24.3 Å². The minimum atomic E-state index is -0.929. The molecule has 0 unspecified atom stereocenters. The predicted molar refractivity (Wildman–Crippen MR) is 103 cm³/mol. The van der Waals surface area contributed by atoms with Crippen molar-refractivity contribution in [3.8, 4) is 0 Å². The first-order valence-electron chi connectivity index (χ1n) is 9.27. The SMILES string of the molecule is COC(=O)c1ccc(C(=O)O[C@@H](C)C(=O)N[C@H]2CCCc3ccccc32)cc1. The summed E-state index contributed by atoms with van der Waals surface area (Å²) in [4.78, 5) is 36.3. The highest BCUT2D eigenvalue weighted by atomic mass is 16.5. The summed E-state index contributed by atoms with van der Waals surface area (Å²) in [6.45, 7) is 1.55. The van der Waals surface area contributed by atoms with E-state index in [-0.39, 0.29) is 17.5 Å². The van der Waals surface area contributed by atoms with Crippen molar-refractivity contribution in [1.29, 1.82) is 0 Å². The summed E-state index contributed by atoms with van der Waals surface area (Å²) in [6, 6.07) is 13.9. The Kier molecular flexibility index (Phi) is 6.09. The van der Waals surface area contributed by atoms with E-state index in [9.17, 15) is 14.4 Å². The molecule has 1 N–H and O–H groups in total. The number of rotatable bonds is 5. The largest absolute Gasteiger partial charge is 0.465 e. The van der Waals surface area contributed by atoms with Gasteiger partial charge in [0.15, 0.2) is 6.10 Å². The molecule has 2 atom stereocenters. The number of nitrogens with one attached hydrogen (secondary N) is 1. The zero-order chi connectivity index (χ0) is 20.1. The standard InChI is InChI=1S/C22H23NO5/c1-14(28-22(26)17-12-10-16(11-13-17)21(25)27-2)20(24)23-19-9-5-7-15-6-3-4-8-18(15)19/h3-4,6,8,10-14,19H,5,7,9H2,1-2H3,(H,23,24)/t14-,19-/m0/s1. The van der Waals surface area contributed by atoms with Crippen molar-refractivity contribution in [2.45, 2.75) is 38.3 Å². The van der Waals surface area contributed by atoms with Crippen molar-refractivity contribution >= 4 is 17.8 Å². The molecule has 1 amide bonds. The highest BCUT2D eigenvalue weighted by Crippen LogP contribution is 2.29. The molecule has 3 rings (SSSR count). The molecule has 0 bridgehead atoms. The third-order valence-electron chi connectivity index (χ3n) is 4.88. The topological polar surface area (TPSA) is 81.7 Å². The molecular weight excluding hydrogens is 358 g/mol. The maximum absolute atomic E-state index is 12.5. The van der Waals surface area contributed by atoms with Crippen LogP contribution in [0.3, 0.4) is 0 Å². The summed E-state index contributed by atoms with van der Waals surface area (Å²) in [5.74, 6) is -1.44. The van der Waals surface area contributed by atoms with Crippen LogP contribution in [0.25, 0.3) is 0 Å². The molecule has 0 heterocycles. The first-order chi connectivity index (χ1) is 13.5. The third-order valence-corrected chi connectivity index (χ3v) is 4.88. The summed E-state index contributed by atoms with van der Waals surface area (Å²) in [7, 11) is 1.29. The maximum atomic E-state index is 12.5. The predicted octanol–water partition coefficient (Wildman–Crippen LogP) is 3.21. The first-order valence-corrected chi connectivity index (χ1v) is 9.27. The van der Waals surface area contributed by atoms with E-state index in [2.05, 4.69) is 16.1 Å². The molecule has 146 valence electrons. The van der Waals surface area contributed by atoms with Gasteiger partial charge in [0.25, 0.3) is 5.91 Å². The molecule has 0 saturated heterocycles. The van der Waals surface area contributed by atoms with Gasteiger partial charge < -0.3 is 14.8 Å². The Hall–Kier alpha value is -3.15. The van der Waals surface area contributed by atoms with E-state index in [1.807, 2.05) is 18.2 Å². The lowest BCUT2D eigenvalue weighted by molar-refractivity contribution is -0.130. The van der Waals surface area contributed by atoms with Crippen LogP contribution >= 0.6 is 0 Å². The van der Waals surface area contributed by atoms with Crippen molar-refractivity contribution in [3.63, 3.8) is 0 Å². The van der Waals surface area contributed by atoms with Crippen molar-refractivity contribution < 1.29 is 23.9 Å². The Morgan fingerprint density at radius 3 is 2.32 bits per heavy atom. The summed E-state index contributed by atoms with van der Waals surface area (Å²) in [5.41, 5.74) is 2.96. The van der Waals surface area contributed by atoms with Gasteiger partial charge in [-0.25, -0.2) is 9.59 Å². The Bertz CT molecular complexity index is 875. The average Bonchev–Trinajstić information content (AvgIpc) is 2.73. The van der Waals surface area contributed by atoms with Crippen LogP contribution in [0, 0.1) is 0 Å². The van der Waals surface area contributed by atoms with Crippen molar-refractivity contribution in [3.05, 3.63) is 70.8 Å².